The number of carbonyl (C=O) groups is 1. The number of carbonyl (C=O) groups excluding carboxylic acids is 1. The average Bonchev–Trinajstić information content (AvgIpc) is 2.31. The highest BCUT2D eigenvalue weighted by atomic mass is 32.1. The Kier molecular flexibility index (Phi) is 4.30. The van der Waals surface area contributed by atoms with Gasteiger partial charge in [0.1, 0.15) is 0 Å². The fourth-order valence-corrected chi connectivity index (χ4v) is 2.29. The molecular formula is C14H19NO2S. The van der Waals surface area contributed by atoms with Gasteiger partial charge < -0.3 is 10.1 Å². The highest BCUT2D eigenvalue weighted by Crippen LogP contribution is 2.34. The van der Waals surface area contributed by atoms with Crippen molar-refractivity contribution < 1.29 is 9.53 Å². The van der Waals surface area contributed by atoms with Crippen LogP contribution in [0.25, 0.3) is 0 Å². The summed E-state index contributed by atoms with van der Waals surface area (Å²) in [6.07, 6.45) is 3.68. The summed E-state index contributed by atoms with van der Waals surface area (Å²) in [6.45, 7) is 0.618. The van der Waals surface area contributed by atoms with E-state index < -0.39 is 0 Å². The van der Waals surface area contributed by atoms with Gasteiger partial charge in [-0.2, -0.15) is 0 Å². The van der Waals surface area contributed by atoms with Crippen LogP contribution in [0, 0.1) is 0 Å². The first-order valence-corrected chi connectivity index (χ1v) is 6.68. The maximum atomic E-state index is 11.8. The Labute approximate surface area is 113 Å². The second-order valence-electron chi connectivity index (χ2n) is 4.86. The summed E-state index contributed by atoms with van der Waals surface area (Å²) < 4.78 is 5.47. The summed E-state index contributed by atoms with van der Waals surface area (Å²) in [6, 6.07) is 7.65. The lowest BCUT2D eigenvalue weighted by Crippen LogP contribution is -2.49. The third kappa shape index (κ3) is 3.27. The van der Waals surface area contributed by atoms with E-state index in [9.17, 15) is 4.79 Å². The SMILES string of the molecule is COC1(CNC(=O)Cc2ccc(S)cc2)CCC1. The molecule has 0 bridgehead atoms. The molecule has 1 aliphatic carbocycles. The number of benzene rings is 1. The van der Waals surface area contributed by atoms with Crippen molar-refractivity contribution in [2.75, 3.05) is 13.7 Å². The van der Waals surface area contributed by atoms with Gasteiger partial charge in [-0.05, 0) is 37.0 Å². The number of amides is 1. The van der Waals surface area contributed by atoms with Gasteiger partial charge >= 0.3 is 0 Å². The van der Waals surface area contributed by atoms with Crippen LogP contribution in [-0.4, -0.2) is 25.2 Å². The molecule has 0 spiro atoms. The number of nitrogens with one attached hydrogen (secondary N) is 1. The van der Waals surface area contributed by atoms with Crippen LogP contribution < -0.4 is 5.32 Å². The molecule has 0 atom stereocenters. The molecule has 3 nitrogen and oxygen atoms in total. The lowest BCUT2D eigenvalue weighted by molar-refractivity contribution is -0.124. The third-order valence-electron chi connectivity index (χ3n) is 3.61. The molecule has 0 aromatic heterocycles. The molecule has 0 saturated heterocycles. The van der Waals surface area contributed by atoms with Gasteiger partial charge in [-0.3, -0.25) is 4.79 Å². The average molecular weight is 265 g/mol. The number of thiol groups is 1. The molecule has 4 heteroatoms. The van der Waals surface area contributed by atoms with Crippen molar-refractivity contribution in [1.82, 2.24) is 5.32 Å². The molecule has 0 radical (unpaired) electrons. The number of hydrogen-bond acceptors (Lipinski definition) is 3. The molecule has 2 rings (SSSR count). The second-order valence-corrected chi connectivity index (χ2v) is 5.38. The minimum atomic E-state index is -0.107. The monoisotopic (exact) mass is 265 g/mol. The van der Waals surface area contributed by atoms with E-state index in [-0.39, 0.29) is 11.5 Å². The quantitative estimate of drug-likeness (QED) is 0.801. The molecule has 0 heterocycles. The Morgan fingerprint density at radius 1 is 1.39 bits per heavy atom. The Bertz CT molecular complexity index is 407. The van der Waals surface area contributed by atoms with Gasteiger partial charge in [0.15, 0.2) is 0 Å². The van der Waals surface area contributed by atoms with Crippen LogP contribution in [0.5, 0.6) is 0 Å². The number of hydrogen-bond donors (Lipinski definition) is 2. The zero-order valence-corrected chi connectivity index (χ0v) is 11.5. The first-order chi connectivity index (χ1) is 8.63. The molecule has 0 unspecified atom stereocenters. The summed E-state index contributed by atoms with van der Waals surface area (Å²) in [7, 11) is 1.72. The zero-order chi connectivity index (χ0) is 13.0. The molecule has 1 fully saturated rings. The predicted molar refractivity (Wildman–Crippen MR) is 74.0 cm³/mol. The van der Waals surface area contributed by atoms with E-state index in [0.717, 1.165) is 23.3 Å². The molecular weight excluding hydrogens is 246 g/mol. The third-order valence-corrected chi connectivity index (χ3v) is 3.90. The van der Waals surface area contributed by atoms with E-state index in [0.29, 0.717) is 13.0 Å². The molecule has 98 valence electrons. The van der Waals surface area contributed by atoms with Crippen molar-refractivity contribution in [3.05, 3.63) is 29.8 Å². The minimum Gasteiger partial charge on any atom is -0.376 e. The van der Waals surface area contributed by atoms with Crippen molar-refractivity contribution in [1.29, 1.82) is 0 Å². The number of methoxy groups -OCH3 is 1. The van der Waals surface area contributed by atoms with Gasteiger partial charge in [-0.15, -0.1) is 12.6 Å². The fraction of sp³-hybridized carbons (Fsp3) is 0.500. The summed E-state index contributed by atoms with van der Waals surface area (Å²) in [5, 5.41) is 2.96. The smallest absolute Gasteiger partial charge is 0.224 e. The van der Waals surface area contributed by atoms with Crippen molar-refractivity contribution in [3.8, 4) is 0 Å². The van der Waals surface area contributed by atoms with Gasteiger partial charge in [0.25, 0.3) is 0 Å². The molecule has 1 aromatic rings. The first-order valence-electron chi connectivity index (χ1n) is 6.23. The van der Waals surface area contributed by atoms with Gasteiger partial charge in [0, 0.05) is 18.6 Å². The summed E-state index contributed by atoms with van der Waals surface area (Å²) >= 11 is 4.22. The molecule has 1 N–H and O–H groups in total. The highest BCUT2D eigenvalue weighted by Gasteiger charge is 2.37. The van der Waals surface area contributed by atoms with E-state index >= 15 is 0 Å². The van der Waals surface area contributed by atoms with Gasteiger partial charge in [0.05, 0.1) is 12.0 Å². The highest BCUT2D eigenvalue weighted by molar-refractivity contribution is 7.80. The van der Waals surface area contributed by atoms with Crippen molar-refractivity contribution >= 4 is 18.5 Å². The minimum absolute atomic E-state index is 0.0465. The Morgan fingerprint density at radius 2 is 2.06 bits per heavy atom. The second kappa shape index (κ2) is 5.76. The van der Waals surface area contributed by atoms with E-state index in [1.54, 1.807) is 7.11 Å². The zero-order valence-electron chi connectivity index (χ0n) is 10.6. The Balaban J connectivity index is 1.80. The van der Waals surface area contributed by atoms with Gasteiger partial charge in [-0.25, -0.2) is 0 Å². The van der Waals surface area contributed by atoms with Crippen molar-refractivity contribution in [3.63, 3.8) is 0 Å². The van der Waals surface area contributed by atoms with E-state index in [1.807, 2.05) is 24.3 Å². The van der Waals surface area contributed by atoms with E-state index in [2.05, 4.69) is 17.9 Å². The van der Waals surface area contributed by atoms with Crippen LogP contribution in [-0.2, 0) is 16.0 Å². The topological polar surface area (TPSA) is 38.3 Å². The van der Waals surface area contributed by atoms with E-state index in [1.165, 1.54) is 6.42 Å². The summed E-state index contributed by atoms with van der Waals surface area (Å²) in [5.41, 5.74) is 0.898. The molecule has 18 heavy (non-hydrogen) atoms. The number of rotatable bonds is 5. The Morgan fingerprint density at radius 3 is 2.56 bits per heavy atom. The predicted octanol–water partition coefficient (Wildman–Crippen LogP) is 2.20. The fourth-order valence-electron chi connectivity index (χ4n) is 2.15. The van der Waals surface area contributed by atoms with E-state index in [4.69, 9.17) is 4.74 Å². The molecule has 1 aliphatic rings. The van der Waals surface area contributed by atoms with Crippen LogP contribution in [0.15, 0.2) is 29.2 Å². The largest absolute Gasteiger partial charge is 0.376 e. The first kappa shape index (κ1) is 13.4. The molecule has 1 amide bonds. The van der Waals surface area contributed by atoms with Crippen LogP contribution in [0.2, 0.25) is 0 Å². The maximum absolute atomic E-state index is 11.8. The van der Waals surface area contributed by atoms with Crippen LogP contribution in [0.3, 0.4) is 0 Å². The van der Waals surface area contributed by atoms with Crippen LogP contribution >= 0.6 is 12.6 Å². The van der Waals surface area contributed by atoms with Gasteiger partial charge in [0.2, 0.25) is 5.91 Å². The molecule has 0 aliphatic heterocycles. The van der Waals surface area contributed by atoms with Gasteiger partial charge in [-0.1, -0.05) is 12.1 Å². The van der Waals surface area contributed by atoms with Crippen molar-refractivity contribution in [2.45, 2.75) is 36.2 Å². The van der Waals surface area contributed by atoms with Crippen LogP contribution in [0.1, 0.15) is 24.8 Å². The summed E-state index contributed by atoms with van der Waals surface area (Å²) in [5.74, 6) is 0.0465. The molecule has 1 saturated carbocycles. The Hall–Kier alpha value is -1.00. The van der Waals surface area contributed by atoms with Crippen LogP contribution in [0.4, 0.5) is 0 Å². The number of ether oxygens (including phenoxy) is 1. The standard InChI is InChI=1S/C14H19NO2S/c1-17-14(7-2-8-14)10-15-13(16)9-11-3-5-12(18)6-4-11/h3-6,18H,2,7-10H2,1H3,(H,15,16). The van der Waals surface area contributed by atoms with Crippen molar-refractivity contribution in [2.24, 2.45) is 0 Å². The lowest BCUT2D eigenvalue weighted by Gasteiger charge is -2.40. The molecule has 1 aromatic carbocycles. The maximum Gasteiger partial charge on any atom is 0.224 e. The summed E-state index contributed by atoms with van der Waals surface area (Å²) in [4.78, 5) is 12.7. The normalized spacial score (nSPS) is 17.0. The lowest BCUT2D eigenvalue weighted by atomic mass is 9.80.